The van der Waals surface area contributed by atoms with E-state index >= 15 is 0 Å². The third-order valence-electron chi connectivity index (χ3n) is 1.00. The highest BCUT2D eigenvalue weighted by Gasteiger charge is 2.18. The summed E-state index contributed by atoms with van der Waals surface area (Å²) in [5.74, 6) is -0.952. The first-order chi connectivity index (χ1) is 4.24. The summed E-state index contributed by atoms with van der Waals surface area (Å²) < 4.78 is 0. The lowest BCUT2D eigenvalue weighted by Crippen LogP contribution is -2.22. The topological polar surface area (TPSA) is 66.4 Å². The van der Waals surface area contributed by atoms with Gasteiger partial charge in [-0.15, -0.1) is 0 Å². The average Bonchev–Trinajstić information content (AvgIpc) is 2.10. The molecule has 0 saturated carbocycles. The minimum Gasteiger partial charge on any atom is -0.391 e. The van der Waals surface area contributed by atoms with E-state index in [-0.39, 0.29) is 12.2 Å². The van der Waals surface area contributed by atoms with Crippen molar-refractivity contribution in [3.05, 3.63) is 11.6 Å². The first kappa shape index (κ1) is 5.97. The molecule has 9 heavy (non-hydrogen) atoms. The van der Waals surface area contributed by atoms with Gasteiger partial charge in [0.2, 0.25) is 0 Å². The second-order valence-corrected chi connectivity index (χ2v) is 1.65. The van der Waals surface area contributed by atoms with Crippen molar-refractivity contribution in [2.45, 2.75) is 0 Å². The van der Waals surface area contributed by atoms with E-state index in [1.807, 2.05) is 5.32 Å². The molecular weight excluding hydrogens is 122 g/mol. The Morgan fingerprint density at radius 2 is 2.22 bits per heavy atom. The van der Waals surface area contributed by atoms with Gasteiger partial charge in [-0.3, -0.25) is 14.9 Å². The van der Waals surface area contributed by atoms with E-state index < -0.39 is 11.8 Å². The largest absolute Gasteiger partial charge is 0.391 e. The molecule has 1 aliphatic rings. The van der Waals surface area contributed by atoms with Crippen molar-refractivity contribution in [2.24, 2.45) is 0 Å². The number of carbonyl (C=O) groups excluding carboxylic acids is 2. The molecule has 0 aliphatic carbocycles. The Morgan fingerprint density at radius 1 is 1.56 bits per heavy atom. The van der Waals surface area contributed by atoms with Crippen molar-refractivity contribution in [2.75, 3.05) is 6.61 Å². The van der Waals surface area contributed by atoms with Crippen LogP contribution in [0.2, 0.25) is 0 Å². The van der Waals surface area contributed by atoms with Crippen molar-refractivity contribution in [3.63, 3.8) is 0 Å². The van der Waals surface area contributed by atoms with E-state index in [1.165, 1.54) is 0 Å². The van der Waals surface area contributed by atoms with Crippen LogP contribution in [0.3, 0.4) is 0 Å². The molecule has 0 aromatic rings. The maximum absolute atomic E-state index is 10.5. The first-order valence-electron chi connectivity index (χ1n) is 2.41. The molecule has 0 saturated heterocycles. The van der Waals surface area contributed by atoms with Crippen LogP contribution in [0.4, 0.5) is 0 Å². The summed E-state index contributed by atoms with van der Waals surface area (Å²) in [6.07, 6.45) is 1.09. The van der Waals surface area contributed by atoms with Crippen LogP contribution >= 0.6 is 0 Å². The number of hydrogen-bond donors (Lipinski definition) is 2. The van der Waals surface area contributed by atoms with Gasteiger partial charge in [-0.2, -0.15) is 0 Å². The Bertz CT molecular complexity index is 194. The maximum atomic E-state index is 10.5. The number of aliphatic hydroxyl groups is 1. The SMILES string of the molecule is O=C1C=C(CO)C(=O)N1. The number of carbonyl (C=O) groups is 2. The van der Waals surface area contributed by atoms with Crippen LogP contribution in [0.25, 0.3) is 0 Å². The number of amides is 2. The van der Waals surface area contributed by atoms with Gasteiger partial charge in [0.25, 0.3) is 11.8 Å². The lowest BCUT2D eigenvalue weighted by molar-refractivity contribution is -0.123. The number of nitrogens with one attached hydrogen (secondary N) is 1. The van der Waals surface area contributed by atoms with Gasteiger partial charge in [0.1, 0.15) is 0 Å². The van der Waals surface area contributed by atoms with E-state index in [0.29, 0.717) is 0 Å². The van der Waals surface area contributed by atoms with Gasteiger partial charge in [-0.25, -0.2) is 0 Å². The fourth-order valence-electron chi connectivity index (χ4n) is 0.569. The quantitative estimate of drug-likeness (QED) is 0.424. The Hall–Kier alpha value is -1.16. The fourth-order valence-corrected chi connectivity index (χ4v) is 0.569. The van der Waals surface area contributed by atoms with Crippen molar-refractivity contribution in [1.29, 1.82) is 0 Å². The molecule has 2 amide bonds. The van der Waals surface area contributed by atoms with Crippen LogP contribution in [-0.2, 0) is 9.59 Å². The number of rotatable bonds is 1. The Labute approximate surface area is 51.2 Å². The molecule has 1 aliphatic heterocycles. The molecule has 4 heteroatoms. The van der Waals surface area contributed by atoms with Crippen molar-refractivity contribution in [1.82, 2.24) is 5.32 Å². The second-order valence-electron chi connectivity index (χ2n) is 1.65. The van der Waals surface area contributed by atoms with Gasteiger partial charge in [-0.1, -0.05) is 0 Å². The normalized spacial score (nSPS) is 17.7. The summed E-state index contributed by atoms with van der Waals surface area (Å²) in [7, 11) is 0. The molecule has 4 nitrogen and oxygen atoms in total. The van der Waals surface area contributed by atoms with Crippen LogP contribution in [0.1, 0.15) is 0 Å². The van der Waals surface area contributed by atoms with Crippen LogP contribution in [0.15, 0.2) is 11.6 Å². The summed E-state index contributed by atoms with van der Waals surface area (Å²) in [4.78, 5) is 20.8. The molecule has 0 fully saturated rings. The molecule has 48 valence electrons. The highest BCUT2D eigenvalue weighted by molar-refractivity contribution is 6.16. The van der Waals surface area contributed by atoms with Gasteiger partial charge >= 0.3 is 0 Å². The van der Waals surface area contributed by atoms with Crippen LogP contribution in [0, 0.1) is 0 Å². The number of imide groups is 1. The minimum atomic E-state index is -0.498. The first-order valence-corrected chi connectivity index (χ1v) is 2.41. The van der Waals surface area contributed by atoms with E-state index in [2.05, 4.69) is 0 Å². The standard InChI is InChI=1S/C5H5NO3/c7-2-3-1-4(8)6-5(3)9/h1,7H,2H2,(H,6,8,9). The Balaban J connectivity index is 2.80. The van der Waals surface area contributed by atoms with Crippen LogP contribution in [-0.4, -0.2) is 23.5 Å². The fraction of sp³-hybridized carbons (Fsp3) is 0.200. The van der Waals surface area contributed by atoms with Crippen LogP contribution < -0.4 is 5.32 Å². The maximum Gasteiger partial charge on any atom is 0.256 e. The Morgan fingerprint density at radius 3 is 2.44 bits per heavy atom. The zero-order valence-electron chi connectivity index (χ0n) is 4.55. The number of aliphatic hydroxyl groups excluding tert-OH is 1. The molecule has 2 N–H and O–H groups in total. The summed E-state index contributed by atoms with van der Waals surface area (Å²) >= 11 is 0. The summed E-state index contributed by atoms with van der Waals surface area (Å²) in [5.41, 5.74) is 0.125. The smallest absolute Gasteiger partial charge is 0.256 e. The van der Waals surface area contributed by atoms with Crippen molar-refractivity contribution in [3.8, 4) is 0 Å². The zero-order valence-corrected chi connectivity index (χ0v) is 4.55. The molecule has 0 atom stereocenters. The van der Waals surface area contributed by atoms with E-state index in [9.17, 15) is 9.59 Å². The van der Waals surface area contributed by atoms with E-state index in [4.69, 9.17) is 5.11 Å². The predicted molar refractivity (Wildman–Crippen MR) is 28.3 cm³/mol. The second kappa shape index (κ2) is 1.99. The molecule has 1 heterocycles. The summed E-state index contributed by atoms with van der Waals surface area (Å²) in [6, 6.07) is 0. The zero-order chi connectivity index (χ0) is 6.85. The molecule has 0 unspecified atom stereocenters. The third kappa shape index (κ3) is 0.972. The highest BCUT2D eigenvalue weighted by atomic mass is 16.3. The third-order valence-corrected chi connectivity index (χ3v) is 1.00. The van der Waals surface area contributed by atoms with E-state index in [0.717, 1.165) is 6.08 Å². The molecule has 0 radical (unpaired) electrons. The van der Waals surface area contributed by atoms with Gasteiger partial charge < -0.3 is 5.11 Å². The van der Waals surface area contributed by atoms with Gasteiger partial charge in [-0.05, 0) is 0 Å². The molecule has 0 aromatic carbocycles. The minimum absolute atomic E-state index is 0.125. The summed E-state index contributed by atoms with van der Waals surface area (Å²) in [5, 5.41) is 10.4. The monoisotopic (exact) mass is 127 g/mol. The van der Waals surface area contributed by atoms with Gasteiger partial charge in [0, 0.05) is 11.6 Å². The van der Waals surface area contributed by atoms with Crippen molar-refractivity contribution < 1.29 is 14.7 Å². The molecule has 0 spiro atoms. The Kier molecular flexibility index (Phi) is 1.32. The van der Waals surface area contributed by atoms with E-state index in [1.54, 1.807) is 0 Å². The average molecular weight is 127 g/mol. The molecular formula is C5H5NO3. The lowest BCUT2D eigenvalue weighted by Gasteiger charge is -1.88. The highest BCUT2D eigenvalue weighted by Crippen LogP contribution is 1.98. The molecule has 0 aromatic heterocycles. The lowest BCUT2D eigenvalue weighted by atomic mass is 10.3. The van der Waals surface area contributed by atoms with Gasteiger partial charge in [0.15, 0.2) is 0 Å². The number of hydrogen-bond acceptors (Lipinski definition) is 3. The molecule has 1 rings (SSSR count). The predicted octanol–water partition coefficient (Wildman–Crippen LogP) is -1.44. The van der Waals surface area contributed by atoms with Crippen LogP contribution in [0.5, 0.6) is 0 Å². The summed E-state index contributed by atoms with van der Waals surface area (Å²) in [6.45, 7) is -0.377. The van der Waals surface area contributed by atoms with Crippen molar-refractivity contribution >= 4 is 11.8 Å². The molecule has 0 bridgehead atoms. The van der Waals surface area contributed by atoms with Gasteiger partial charge in [0.05, 0.1) is 6.61 Å².